The molecule has 0 unspecified atom stereocenters. The molecule has 0 radical (unpaired) electrons. The lowest BCUT2D eigenvalue weighted by molar-refractivity contribution is 0.202. The van der Waals surface area contributed by atoms with Gasteiger partial charge in [-0.25, -0.2) is 4.79 Å². The first-order valence-corrected chi connectivity index (χ1v) is 6.13. The number of ether oxygens (including phenoxy) is 2. The zero-order valence-electron chi connectivity index (χ0n) is 10.9. The van der Waals surface area contributed by atoms with Crippen molar-refractivity contribution in [2.45, 2.75) is 6.54 Å². The van der Waals surface area contributed by atoms with Crippen LogP contribution >= 0.6 is 0 Å². The maximum atomic E-state index is 12.1. The Morgan fingerprint density at radius 1 is 1.25 bits per heavy atom. The Bertz CT molecular complexity index is 669. The van der Waals surface area contributed by atoms with E-state index in [0.29, 0.717) is 23.7 Å². The van der Waals surface area contributed by atoms with Gasteiger partial charge >= 0.3 is 6.09 Å². The number of aromatic hydroxyl groups is 1. The second kappa shape index (κ2) is 4.77. The Kier molecular flexibility index (Phi) is 2.95. The number of hydrogen-bond acceptors (Lipinski definition) is 4. The van der Waals surface area contributed by atoms with E-state index in [1.54, 1.807) is 31.4 Å². The fourth-order valence-electron chi connectivity index (χ4n) is 2.19. The van der Waals surface area contributed by atoms with Crippen molar-refractivity contribution in [2.75, 3.05) is 12.0 Å². The lowest BCUT2D eigenvalue weighted by Crippen LogP contribution is -2.37. The molecule has 3 rings (SSSR count). The van der Waals surface area contributed by atoms with Crippen molar-refractivity contribution in [3.8, 4) is 17.2 Å². The average Bonchev–Trinajstić information content (AvgIpc) is 2.46. The fourth-order valence-corrected chi connectivity index (χ4v) is 2.19. The van der Waals surface area contributed by atoms with Crippen LogP contribution in [0.5, 0.6) is 17.2 Å². The molecule has 1 N–H and O–H groups in total. The van der Waals surface area contributed by atoms with E-state index < -0.39 is 6.09 Å². The summed E-state index contributed by atoms with van der Waals surface area (Å²) in [5.74, 6) is 1.06. The number of anilines is 1. The van der Waals surface area contributed by atoms with Crippen molar-refractivity contribution in [3.63, 3.8) is 0 Å². The van der Waals surface area contributed by atoms with Crippen molar-refractivity contribution < 1.29 is 19.4 Å². The van der Waals surface area contributed by atoms with E-state index in [9.17, 15) is 9.90 Å². The number of phenols is 1. The molecule has 0 atom stereocenters. The van der Waals surface area contributed by atoms with Crippen LogP contribution in [0.1, 0.15) is 5.56 Å². The number of fused-ring (bicyclic) bond motifs is 1. The fraction of sp³-hybridized carbons (Fsp3) is 0.133. The highest BCUT2D eigenvalue weighted by atomic mass is 16.6. The zero-order chi connectivity index (χ0) is 14.1. The summed E-state index contributed by atoms with van der Waals surface area (Å²) < 4.78 is 10.5. The topological polar surface area (TPSA) is 59.0 Å². The molecule has 0 bridgehead atoms. The molecule has 2 aromatic rings. The number of nitrogens with zero attached hydrogens (tertiary/aromatic N) is 1. The van der Waals surface area contributed by atoms with Crippen molar-refractivity contribution in [3.05, 3.63) is 48.0 Å². The summed E-state index contributed by atoms with van der Waals surface area (Å²) in [4.78, 5) is 13.6. The smallest absolute Gasteiger partial charge is 0.420 e. The molecule has 0 aromatic heterocycles. The molecule has 1 amide bonds. The number of phenolic OH excluding ortho intramolecular Hbond substituents is 1. The van der Waals surface area contributed by atoms with E-state index in [-0.39, 0.29) is 5.75 Å². The maximum Gasteiger partial charge on any atom is 0.420 e. The minimum absolute atomic E-state index is 0.0716. The first-order valence-electron chi connectivity index (χ1n) is 6.13. The van der Waals surface area contributed by atoms with Gasteiger partial charge in [0.1, 0.15) is 17.2 Å². The van der Waals surface area contributed by atoms with Gasteiger partial charge in [-0.15, -0.1) is 0 Å². The van der Waals surface area contributed by atoms with Crippen molar-refractivity contribution in [1.82, 2.24) is 0 Å². The van der Waals surface area contributed by atoms with Crippen LogP contribution in [0.4, 0.5) is 10.5 Å². The summed E-state index contributed by atoms with van der Waals surface area (Å²) in [6, 6.07) is 12.0. The van der Waals surface area contributed by atoms with Crippen molar-refractivity contribution in [2.24, 2.45) is 0 Å². The van der Waals surface area contributed by atoms with Crippen LogP contribution in [-0.4, -0.2) is 18.3 Å². The third-order valence-corrected chi connectivity index (χ3v) is 3.17. The van der Waals surface area contributed by atoms with Crippen LogP contribution < -0.4 is 14.4 Å². The molecule has 0 saturated carbocycles. The maximum absolute atomic E-state index is 12.1. The van der Waals surface area contributed by atoms with Crippen molar-refractivity contribution in [1.29, 1.82) is 0 Å². The molecule has 1 heterocycles. The van der Waals surface area contributed by atoms with Gasteiger partial charge in [-0.2, -0.15) is 0 Å². The molecule has 1 aliphatic heterocycles. The van der Waals surface area contributed by atoms with E-state index in [4.69, 9.17) is 9.47 Å². The Balaban J connectivity index is 2.00. The molecule has 5 heteroatoms. The van der Waals surface area contributed by atoms with Gasteiger partial charge in [-0.1, -0.05) is 12.1 Å². The SMILES string of the molecule is COc1ccccc1N1Cc2ccc(O)cc2OC1=O. The molecular weight excluding hydrogens is 258 g/mol. The number of carbonyl (C=O) groups is 1. The van der Waals surface area contributed by atoms with Crippen LogP contribution in [0.15, 0.2) is 42.5 Å². The molecule has 0 saturated heterocycles. The van der Waals surface area contributed by atoms with Gasteiger partial charge in [0.15, 0.2) is 0 Å². The lowest BCUT2D eigenvalue weighted by atomic mass is 10.1. The number of para-hydroxylation sites is 2. The summed E-state index contributed by atoms with van der Waals surface area (Å²) in [5, 5.41) is 9.41. The van der Waals surface area contributed by atoms with E-state index in [2.05, 4.69) is 0 Å². The normalized spacial score (nSPS) is 13.7. The first kappa shape index (κ1) is 12.3. The van der Waals surface area contributed by atoms with Gasteiger partial charge in [-0.05, 0) is 24.3 Å². The van der Waals surface area contributed by atoms with Crippen LogP contribution in [0.3, 0.4) is 0 Å². The number of amides is 1. The van der Waals surface area contributed by atoms with Crippen LogP contribution in [0.2, 0.25) is 0 Å². The second-order valence-corrected chi connectivity index (χ2v) is 4.42. The largest absolute Gasteiger partial charge is 0.508 e. The average molecular weight is 271 g/mol. The number of benzene rings is 2. The number of rotatable bonds is 2. The number of carbonyl (C=O) groups excluding carboxylic acids is 1. The molecule has 1 aliphatic rings. The molecule has 0 spiro atoms. The predicted octanol–water partition coefficient (Wildman–Crippen LogP) is 2.92. The van der Waals surface area contributed by atoms with Gasteiger partial charge in [0.25, 0.3) is 0 Å². The Morgan fingerprint density at radius 2 is 2.05 bits per heavy atom. The van der Waals surface area contributed by atoms with Crippen LogP contribution in [0, 0.1) is 0 Å². The monoisotopic (exact) mass is 271 g/mol. The van der Waals surface area contributed by atoms with Gasteiger partial charge in [0, 0.05) is 11.6 Å². The molecule has 0 aliphatic carbocycles. The summed E-state index contributed by atoms with van der Waals surface area (Å²) in [6.07, 6.45) is -0.493. The highest BCUT2D eigenvalue weighted by Crippen LogP contribution is 2.35. The molecule has 5 nitrogen and oxygen atoms in total. The van der Waals surface area contributed by atoms with Crippen LogP contribution in [-0.2, 0) is 6.54 Å². The van der Waals surface area contributed by atoms with E-state index in [1.807, 2.05) is 12.1 Å². The standard InChI is InChI=1S/C15H13NO4/c1-19-13-5-3-2-4-12(13)16-9-10-6-7-11(17)8-14(10)20-15(16)18/h2-8,17H,9H2,1H3. The quantitative estimate of drug-likeness (QED) is 0.912. The molecule has 20 heavy (non-hydrogen) atoms. The highest BCUT2D eigenvalue weighted by molar-refractivity contribution is 5.92. The van der Waals surface area contributed by atoms with Crippen LogP contribution in [0.25, 0.3) is 0 Å². The highest BCUT2D eigenvalue weighted by Gasteiger charge is 2.28. The van der Waals surface area contributed by atoms with E-state index in [0.717, 1.165) is 5.56 Å². The Labute approximate surface area is 116 Å². The van der Waals surface area contributed by atoms with Gasteiger partial charge < -0.3 is 14.6 Å². The molecule has 102 valence electrons. The first-order chi connectivity index (χ1) is 9.69. The summed E-state index contributed by atoms with van der Waals surface area (Å²) >= 11 is 0. The lowest BCUT2D eigenvalue weighted by Gasteiger charge is -2.28. The number of methoxy groups -OCH3 is 1. The van der Waals surface area contributed by atoms with Crippen molar-refractivity contribution >= 4 is 11.8 Å². The second-order valence-electron chi connectivity index (χ2n) is 4.42. The summed E-state index contributed by atoms with van der Waals surface area (Å²) in [5.41, 5.74) is 1.48. The number of hydrogen-bond donors (Lipinski definition) is 1. The molecular formula is C15H13NO4. The Hall–Kier alpha value is -2.69. The van der Waals surface area contributed by atoms with Gasteiger partial charge in [0.05, 0.1) is 19.3 Å². The minimum Gasteiger partial charge on any atom is -0.508 e. The summed E-state index contributed by atoms with van der Waals surface area (Å²) in [7, 11) is 1.56. The Morgan fingerprint density at radius 3 is 2.85 bits per heavy atom. The van der Waals surface area contributed by atoms with E-state index in [1.165, 1.54) is 11.0 Å². The third kappa shape index (κ3) is 2.03. The predicted molar refractivity (Wildman–Crippen MR) is 73.3 cm³/mol. The summed E-state index contributed by atoms with van der Waals surface area (Å²) in [6.45, 7) is 0.370. The van der Waals surface area contributed by atoms with Gasteiger partial charge in [0.2, 0.25) is 0 Å². The molecule has 0 fully saturated rings. The molecule has 2 aromatic carbocycles. The third-order valence-electron chi connectivity index (χ3n) is 3.17. The minimum atomic E-state index is -0.493. The van der Waals surface area contributed by atoms with E-state index >= 15 is 0 Å². The zero-order valence-corrected chi connectivity index (χ0v) is 10.9. The van der Waals surface area contributed by atoms with Gasteiger partial charge in [-0.3, -0.25) is 4.90 Å².